The van der Waals surface area contributed by atoms with E-state index in [1.165, 1.54) is 6.08 Å². The minimum Gasteiger partial charge on any atom is -0.495 e. The molecule has 98 valence electrons. The Morgan fingerprint density at radius 1 is 1.28 bits per heavy atom. The van der Waals surface area contributed by atoms with Crippen LogP contribution in [-0.2, 0) is 9.53 Å². The van der Waals surface area contributed by atoms with Gasteiger partial charge in [0.1, 0.15) is 16.0 Å². The monoisotopic (exact) mass is 314 g/mol. The molecule has 0 aromatic heterocycles. The van der Waals surface area contributed by atoms with Gasteiger partial charge in [0.15, 0.2) is 0 Å². The van der Waals surface area contributed by atoms with Crippen LogP contribution in [0.4, 0.5) is 0 Å². The number of halogens is 1. The molecule has 1 aromatic rings. The second-order valence-electron chi connectivity index (χ2n) is 3.32. The number of hydrogen-bond acceptors (Lipinski definition) is 4. The third-order valence-corrected chi connectivity index (χ3v) is 2.95. The van der Waals surface area contributed by atoms with Gasteiger partial charge in [-0.05, 0) is 46.6 Å². The van der Waals surface area contributed by atoms with Crippen LogP contribution in [0.3, 0.4) is 0 Å². The van der Waals surface area contributed by atoms with Gasteiger partial charge in [0, 0.05) is 6.08 Å². The molecule has 0 unspecified atom stereocenters. The van der Waals surface area contributed by atoms with Gasteiger partial charge in [-0.15, -0.1) is 0 Å². The van der Waals surface area contributed by atoms with Crippen LogP contribution < -0.4 is 9.47 Å². The molecule has 5 heteroatoms. The first-order valence-corrected chi connectivity index (χ1v) is 6.18. The predicted molar refractivity (Wildman–Crippen MR) is 72.9 cm³/mol. The lowest BCUT2D eigenvalue weighted by Crippen LogP contribution is -1.98. The molecule has 1 aromatic carbocycles. The minimum absolute atomic E-state index is 0.357. The van der Waals surface area contributed by atoms with Crippen molar-refractivity contribution in [3.8, 4) is 11.5 Å². The molecule has 4 nitrogen and oxygen atoms in total. The van der Waals surface area contributed by atoms with Gasteiger partial charge in [0.05, 0.1) is 20.8 Å². The van der Waals surface area contributed by atoms with Crippen molar-refractivity contribution in [2.75, 3.05) is 20.8 Å². The van der Waals surface area contributed by atoms with Crippen molar-refractivity contribution in [1.82, 2.24) is 0 Å². The number of benzene rings is 1. The number of ether oxygens (including phenoxy) is 3. The Labute approximate surface area is 115 Å². The van der Waals surface area contributed by atoms with Crippen molar-refractivity contribution in [3.63, 3.8) is 0 Å². The summed E-state index contributed by atoms with van der Waals surface area (Å²) in [4.78, 5) is 11.2. The maximum absolute atomic E-state index is 11.2. The summed E-state index contributed by atoms with van der Waals surface area (Å²) in [6, 6.07) is 3.59. The number of rotatable bonds is 5. The number of carbonyl (C=O) groups is 1. The lowest BCUT2D eigenvalue weighted by molar-refractivity contribution is -0.137. The van der Waals surface area contributed by atoms with E-state index in [-0.39, 0.29) is 5.97 Å². The molecule has 0 aliphatic heterocycles. The molecule has 0 N–H and O–H groups in total. The lowest BCUT2D eigenvalue weighted by Gasteiger charge is -2.09. The van der Waals surface area contributed by atoms with Gasteiger partial charge in [-0.3, -0.25) is 0 Å². The van der Waals surface area contributed by atoms with Gasteiger partial charge in [-0.2, -0.15) is 0 Å². The fraction of sp³-hybridized carbons (Fsp3) is 0.308. The lowest BCUT2D eigenvalue weighted by atomic mass is 10.2. The molecule has 0 radical (unpaired) electrons. The van der Waals surface area contributed by atoms with Crippen LogP contribution in [0.1, 0.15) is 12.5 Å². The van der Waals surface area contributed by atoms with Crippen molar-refractivity contribution >= 4 is 28.0 Å². The second kappa shape index (κ2) is 7.06. The first-order chi connectivity index (χ1) is 8.62. The van der Waals surface area contributed by atoms with Crippen LogP contribution in [0.2, 0.25) is 0 Å². The second-order valence-corrected chi connectivity index (χ2v) is 4.12. The van der Waals surface area contributed by atoms with Gasteiger partial charge < -0.3 is 14.2 Å². The maximum atomic E-state index is 11.2. The first kappa shape index (κ1) is 14.6. The van der Waals surface area contributed by atoms with Gasteiger partial charge >= 0.3 is 5.97 Å². The summed E-state index contributed by atoms with van der Waals surface area (Å²) in [7, 11) is 3.14. The van der Waals surface area contributed by atoms with Gasteiger partial charge in [0.2, 0.25) is 0 Å². The first-order valence-electron chi connectivity index (χ1n) is 5.38. The quantitative estimate of drug-likeness (QED) is 0.619. The Kier molecular flexibility index (Phi) is 5.71. The van der Waals surface area contributed by atoms with Crippen molar-refractivity contribution in [3.05, 3.63) is 28.2 Å². The summed E-state index contributed by atoms with van der Waals surface area (Å²) in [5.74, 6) is 0.897. The Morgan fingerprint density at radius 3 is 2.28 bits per heavy atom. The number of hydrogen-bond donors (Lipinski definition) is 0. The zero-order valence-electron chi connectivity index (χ0n) is 10.5. The molecule has 0 saturated carbocycles. The summed E-state index contributed by atoms with van der Waals surface area (Å²) in [6.45, 7) is 2.12. The van der Waals surface area contributed by atoms with Crippen LogP contribution >= 0.6 is 15.9 Å². The molecule has 0 saturated heterocycles. The largest absolute Gasteiger partial charge is 0.495 e. The molecule has 0 bridgehead atoms. The third-order valence-electron chi connectivity index (χ3n) is 2.17. The highest BCUT2D eigenvalue weighted by atomic mass is 79.9. The topological polar surface area (TPSA) is 44.8 Å². The zero-order chi connectivity index (χ0) is 13.5. The van der Waals surface area contributed by atoms with E-state index in [4.69, 9.17) is 14.2 Å². The highest BCUT2D eigenvalue weighted by Gasteiger charge is 2.08. The summed E-state index contributed by atoms with van der Waals surface area (Å²) >= 11 is 3.37. The Balaban J connectivity index is 2.99. The van der Waals surface area contributed by atoms with Gasteiger partial charge in [-0.25, -0.2) is 4.79 Å². The summed E-state index contributed by atoms with van der Waals surface area (Å²) in [5, 5.41) is 0. The molecular formula is C13H15BrO4. The van der Waals surface area contributed by atoms with E-state index in [0.29, 0.717) is 18.1 Å². The third kappa shape index (κ3) is 3.77. The normalized spacial score (nSPS) is 10.4. The highest BCUT2D eigenvalue weighted by Crippen LogP contribution is 2.35. The zero-order valence-corrected chi connectivity index (χ0v) is 12.1. The fourth-order valence-corrected chi connectivity index (χ4v) is 1.89. The van der Waals surface area contributed by atoms with E-state index in [2.05, 4.69) is 15.9 Å². The van der Waals surface area contributed by atoms with Crippen molar-refractivity contribution in [1.29, 1.82) is 0 Å². The Bertz CT molecular complexity index is 429. The van der Waals surface area contributed by atoms with Crippen LogP contribution in [0.5, 0.6) is 11.5 Å². The van der Waals surface area contributed by atoms with Gasteiger partial charge in [-0.1, -0.05) is 0 Å². The smallest absolute Gasteiger partial charge is 0.330 e. The predicted octanol–water partition coefficient (Wildman–Crippen LogP) is 3.04. The number of carbonyl (C=O) groups excluding carboxylic acids is 1. The minimum atomic E-state index is -0.377. The molecule has 0 aliphatic carbocycles. The fourth-order valence-electron chi connectivity index (χ4n) is 1.34. The van der Waals surface area contributed by atoms with Crippen molar-refractivity contribution in [2.45, 2.75) is 6.92 Å². The standard InChI is InChI=1S/C13H15BrO4/c1-4-18-12(15)6-5-9-7-10(16-2)13(14)11(8-9)17-3/h5-8H,4H2,1-3H3. The SMILES string of the molecule is CCOC(=O)C=Cc1cc(OC)c(Br)c(OC)c1. The molecular weight excluding hydrogens is 300 g/mol. The molecule has 0 aliphatic rings. The number of methoxy groups -OCH3 is 2. The summed E-state index contributed by atoms with van der Waals surface area (Å²) < 4.78 is 16.0. The molecule has 0 spiro atoms. The molecule has 1 rings (SSSR count). The van der Waals surface area contributed by atoms with E-state index in [1.54, 1.807) is 39.4 Å². The van der Waals surface area contributed by atoms with Crippen LogP contribution in [0.25, 0.3) is 6.08 Å². The summed E-state index contributed by atoms with van der Waals surface area (Å²) in [5.41, 5.74) is 0.792. The summed E-state index contributed by atoms with van der Waals surface area (Å²) in [6.07, 6.45) is 3.01. The van der Waals surface area contributed by atoms with E-state index < -0.39 is 0 Å². The molecule has 18 heavy (non-hydrogen) atoms. The van der Waals surface area contributed by atoms with E-state index >= 15 is 0 Å². The average molecular weight is 315 g/mol. The van der Waals surface area contributed by atoms with Crippen molar-refractivity contribution < 1.29 is 19.0 Å². The molecule has 0 amide bonds. The molecule has 0 heterocycles. The molecule has 0 atom stereocenters. The molecule has 0 fully saturated rings. The number of esters is 1. The van der Waals surface area contributed by atoms with Crippen LogP contribution in [0.15, 0.2) is 22.7 Å². The Morgan fingerprint density at radius 2 is 1.83 bits per heavy atom. The average Bonchev–Trinajstić information content (AvgIpc) is 2.37. The van der Waals surface area contributed by atoms with Crippen LogP contribution in [-0.4, -0.2) is 26.8 Å². The van der Waals surface area contributed by atoms with Crippen LogP contribution in [0, 0.1) is 0 Å². The van der Waals surface area contributed by atoms with Gasteiger partial charge in [0.25, 0.3) is 0 Å². The highest BCUT2D eigenvalue weighted by molar-refractivity contribution is 9.10. The van der Waals surface area contributed by atoms with Crippen molar-refractivity contribution in [2.24, 2.45) is 0 Å². The maximum Gasteiger partial charge on any atom is 0.330 e. The van der Waals surface area contributed by atoms with E-state index in [9.17, 15) is 4.79 Å². The van der Waals surface area contributed by atoms with E-state index in [0.717, 1.165) is 10.0 Å². The van der Waals surface area contributed by atoms with E-state index in [1.807, 2.05) is 0 Å². The Hall–Kier alpha value is -1.49.